The molecule has 0 aliphatic heterocycles. The smallest absolute Gasteiger partial charge is 0.274 e. The summed E-state index contributed by atoms with van der Waals surface area (Å²) in [5.74, 6) is 1.03. The number of nitrogens with zero attached hydrogens (tertiary/aromatic N) is 3. The Morgan fingerprint density at radius 1 is 1.15 bits per heavy atom. The van der Waals surface area contributed by atoms with E-state index < -0.39 is 0 Å². The molecule has 0 saturated heterocycles. The highest BCUT2D eigenvalue weighted by Crippen LogP contribution is 2.24. The van der Waals surface area contributed by atoms with Crippen LogP contribution in [0.4, 0.5) is 0 Å². The van der Waals surface area contributed by atoms with E-state index in [1.54, 1.807) is 50.1 Å². The van der Waals surface area contributed by atoms with Crippen molar-refractivity contribution in [3.63, 3.8) is 0 Å². The largest absolute Gasteiger partial charge is 0.497 e. The number of rotatable bonds is 6. The summed E-state index contributed by atoms with van der Waals surface area (Å²) in [7, 11) is 3.16. The minimum atomic E-state index is -0.322. The number of halogens is 1. The normalized spacial score (nSPS) is 10.5. The fourth-order valence-electron chi connectivity index (χ4n) is 2.65. The van der Waals surface area contributed by atoms with E-state index in [1.165, 1.54) is 0 Å². The van der Waals surface area contributed by atoms with Gasteiger partial charge in [-0.05, 0) is 49.4 Å². The van der Waals surface area contributed by atoms with Gasteiger partial charge in [0.1, 0.15) is 11.5 Å². The van der Waals surface area contributed by atoms with Gasteiger partial charge in [0.2, 0.25) is 0 Å². The van der Waals surface area contributed by atoms with Crippen molar-refractivity contribution in [2.24, 2.45) is 0 Å². The van der Waals surface area contributed by atoms with E-state index in [0.717, 1.165) is 11.3 Å². The molecule has 0 radical (unpaired) electrons. The fraction of sp³-hybridized carbons (Fsp3) is 0.211. The van der Waals surface area contributed by atoms with Gasteiger partial charge in [-0.1, -0.05) is 16.8 Å². The van der Waals surface area contributed by atoms with Crippen molar-refractivity contribution >= 4 is 17.5 Å². The molecule has 2 aromatic carbocycles. The number of methoxy groups -OCH3 is 2. The molecule has 1 heterocycles. The second kappa shape index (κ2) is 8.09. The zero-order chi connectivity index (χ0) is 19.4. The monoisotopic (exact) mass is 386 g/mol. The number of amides is 1. The van der Waals surface area contributed by atoms with Crippen molar-refractivity contribution in [2.75, 3.05) is 14.2 Å². The van der Waals surface area contributed by atoms with Gasteiger partial charge in [0, 0.05) is 17.1 Å². The summed E-state index contributed by atoms with van der Waals surface area (Å²) in [5.41, 5.74) is 2.46. The molecule has 0 aliphatic rings. The maximum absolute atomic E-state index is 12.6. The highest BCUT2D eigenvalue weighted by molar-refractivity contribution is 6.30. The average molecular weight is 387 g/mol. The first-order valence-corrected chi connectivity index (χ1v) is 8.58. The second-order valence-electron chi connectivity index (χ2n) is 5.77. The molecule has 1 N–H and O–H groups in total. The SMILES string of the molecule is COc1ccc(OC)c(CNC(=O)c2nnn(-c3ccc(Cl)cc3)c2C)c1. The lowest BCUT2D eigenvalue weighted by molar-refractivity contribution is 0.0945. The number of carbonyl (C=O) groups excluding carboxylic acids is 1. The van der Waals surface area contributed by atoms with E-state index in [1.807, 2.05) is 18.2 Å². The van der Waals surface area contributed by atoms with Crippen molar-refractivity contribution in [2.45, 2.75) is 13.5 Å². The van der Waals surface area contributed by atoms with E-state index in [-0.39, 0.29) is 18.1 Å². The van der Waals surface area contributed by atoms with Gasteiger partial charge in [-0.25, -0.2) is 4.68 Å². The fourth-order valence-corrected chi connectivity index (χ4v) is 2.77. The molecule has 3 aromatic rings. The molecule has 0 fully saturated rings. The molecule has 7 nitrogen and oxygen atoms in total. The van der Waals surface area contributed by atoms with Crippen LogP contribution in [0.15, 0.2) is 42.5 Å². The molecule has 1 amide bonds. The number of ether oxygens (including phenoxy) is 2. The van der Waals surface area contributed by atoms with Crippen LogP contribution >= 0.6 is 11.6 Å². The highest BCUT2D eigenvalue weighted by atomic mass is 35.5. The maximum atomic E-state index is 12.6. The van der Waals surface area contributed by atoms with Gasteiger partial charge < -0.3 is 14.8 Å². The summed E-state index contributed by atoms with van der Waals surface area (Å²) < 4.78 is 12.1. The van der Waals surface area contributed by atoms with E-state index >= 15 is 0 Å². The summed E-state index contributed by atoms with van der Waals surface area (Å²) in [6.07, 6.45) is 0. The van der Waals surface area contributed by atoms with Gasteiger partial charge in [-0.2, -0.15) is 0 Å². The Morgan fingerprint density at radius 3 is 2.56 bits per heavy atom. The molecule has 140 valence electrons. The van der Waals surface area contributed by atoms with E-state index in [2.05, 4.69) is 15.6 Å². The summed E-state index contributed by atoms with van der Waals surface area (Å²) in [6.45, 7) is 2.06. The zero-order valence-corrected chi connectivity index (χ0v) is 15.9. The number of carbonyl (C=O) groups is 1. The maximum Gasteiger partial charge on any atom is 0.274 e. The molecule has 0 atom stereocenters. The highest BCUT2D eigenvalue weighted by Gasteiger charge is 2.18. The molecule has 3 rings (SSSR count). The van der Waals surface area contributed by atoms with Gasteiger partial charge in [0.15, 0.2) is 5.69 Å². The average Bonchev–Trinajstić information content (AvgIpc) is 3.08. The predicted octanol–water partition coefficient (Wildman–Crippen LogP) is 3.18. The number of hydrogen-bond donors (Lipinski definition) is 1. The van der Waals surface area contributed by atoms with Crippen LogP contribution in [0.1, 0.15) is 21.7 Å². The van der Waals surface area contributed by atoms with Crippen LogP contribution in [-0.4, -0.2) is 35.1 Å². The van der Waals surface area contributed by atoms with Crippen LogP contribution in [-0.2, 0) is 6.54 Å². The number of hydrogen-bond acceptors (Lipinski definition) is 5. The van der Waals surface area contributed by atoms with Crippen LogP contribution < -0.4 is 14.8 Å². The van der Waals surface area contributed by atoms with Crippen molar-refractivity contribution in [1.82, 2.24) is 20.3 Å². The molecule has 0 aliphatic carbocycles. The molecule has 0 saturated carbocycles. The summed E-state index contributed by atoms with van der Waals surface area (Å²) in [5, 5.41) is 11.6. The van der Waals surface area contributed by atoms with E-state index in [0.29, 0.717) is 22.2 Å². The van der Waals surface area contributed by atoms with Gasteiger partial charge in [0.05, 0.1) is 25.6 Å². The number of nitrogens with one attached hydrogen (secondary N) is 1. The Kier molecular flexibility index (Phi) is 5.61. The van der Waals surface area contributed by atoms with Gasteiger partial charge in [0.25, 0.3) is 5.91 Å². The molecule has 8 heteroatoms. The zero-order valence-electron chi connectivity index (χ0n) is 15.2. The molecular weight excluding hydrogens is 368 g/mol. The lowest BCUT2D eigenvalue weighted by Gasteiger charge is -2.11. The lowest BCUT2D eigenvalue weighted by Crippen LogP contribution is -2.24. The minimum Gasteiger partial charge on any atom is -0.497 e. The topological polar surface area (TPSA) is 78.3 Å². The Bertz CT molecular complexity index is 954. The molecule has 27 heavy (non-hydrogen) atoms. The summed E-state index contributed by atoms with van der Waals surface area (Å²) in [6, 6.07) is 12.5. The van der Waals surface area contributed by atoms with Crippen LogP contribution in [0.2, 0.25) is 5.02 Å². The molecule has 0 unspecified atom stereocenters. The minimum absolute atomic E-state index is 0.256. The van der Waals surface area contributed by atoms with Gasteiger partial charge >= 0.3 is 0 Å². The molecular formula is C19H19ClN4O3. The van der Waals surface area contributed by atoms with Gasteiger partial charge in [-0.15, -0.1) is 5.10 Å². The van der Waals surface area contributed by atoms with Crippen molar-refractivity contribution in [3.05, 3.63) is 64.4 Å². The Labute approximate surface area is 161 Å². The molecule has 1 aromatic heterocycles. The third-order valence-corrected chi connectivity index (χ3v) is 4.36. The second-order valence-corrected chi connectivity index (χ2v) is 6.21. The van der Waals surface area contributed by atoms with Gasteiger partial charge in [-0.3, -0.25) is 4.79 Å². The number of benzene rings is 2. The Balaban J connectivity index is 1.77. The third-order valence-electron chi connectivity index (χ3n) is 4.11. The Morgan fingerprint density at radius 2 is 1.89 bits per heavy atom. The predicted molar refractivity (Wildman–Crippen MR) is 102 cm³/mol. The van der Waals surface area contributed by atoms with E-state index in [4.69, 9.17) is 21.1 Å². The summed E-state index contributed by atoms with van der Waals surface area (Å²) >= 11 is 5.91. The van der Waals surface area contributed by atoms with Crippen molar-refractivity contribution in [1.29, 1.82) is 0 Å². The number of aromatic nitrogens is 3. The first kappa shape index (κ1) is 18.7. The lowest BCUT2D eigenvalue weighted by atomic mass is 10.2. The first-order valence-electron chi connectivity index (χ1n) is 8.21. The third kappa shape index (κ3) is 4.03. The molecule has 0 bridgehead atoms. The standard InChI is InChI=1S/C19H19ClN4O3/c1-12-18(22-23-24(12)15-6-4-14(20)5-7-15)19(25)21-11-13-10-16(26-2)8-9-17(13)27-3/h4-10H,11H2,1-3H3,(H,21,25). The van der Waals surface area contributed by atoms with E-state index in [9.17, 15) is 4.79 Å². The van der Waals surface area contributed by atoms with Crippen LogP contribution in [0, 0.1) is 6.92 Å². The van der Waals surface area contributed by atoms with Crippen molar-refractivity contribution in [3.8, 4) is 17.2 Å². The Hall–Kier alpha value is -3.06. The first-order chi connectivity index (χ1) is 13.0. The van der Waals surface area contributed by atoms with Crippen molar-refractivity contribution < 1.29 is 14.3 Å². The molecule has 0 spiro atoms. The van der Waals surface area contributed by atoms with Crippen LogP contribution in [0.25, 0.3) is 5.69 Å². The summed E-state index contributed by atoms with van der Waals surface area (Å²) in [4.78, 5) is 12.6. The quantitative estimate of drug-likeness (QED) is 0.704. The van der Waals surface area contributed by atoms with Crippen LogP contribution in [0.3, 0.4) is 0 Å². The van der Waals surface area contributed by atoms with Crippen LogP contribution in [0.5, 0.6) is 11.5 Å².